The number of rotatable bonds is 2. The smallest absolute Gasteiger partial charge is 0.302 e. The normalized spacial score (nSPS) is 9.64. The van der Waals surface area contributed by atoms with Crippen LogP contribution in [0.3, 0.4) is 0 Å². The Labute approximate surface area is 73.7 Å². The zero-order valence-corrected chi connectivity index (χ0v) is 7.54. The van der Waals surface area contributed by atoms with Crippen LogP contribution in [0.25, 0.3) is 0 Å². The van der Waals surface area contributed by atoms with Crippen molar-refractivity contribution in [2.45, 2.75) is 13.5 Å². The molecule has 11 heavy (non-hydrogen) atoms. The van der Waals surface area contributed by atoms with E-state index in [0.29, 0.717) is 4.34 Å². The minimum absolute atomic E-state index is 0.275. The van der Waals surface area contributed by atoms with Crippen LogP contribution in [0.5, 0.6) is 0 Å². The van der Waals surface area contributed by atoms with Crippen LogP contribution in [0.15, 0.2) is 11.4 Å². The Balaban J connectivity index is 2.51. The molecule has 4 heteroatoms. The second-order valence-electron chi connectivity index (χ2n) is 2.00. The summed E-state index contributed by atoms with van der Waals surface area (Å²) in [7, 11) is 0. The molecule has 0 bridgehead atoms. The zero-order valence-electron chi connectivity index (χ0n) is 5.96. The van der Waals surface area contributed by atoms with Crippen molar-refractivity contribution in [3.8, 4) is 0 Å². The summed E-state index contributed by atoms with van der Waals surface area (Å²) < 4.78 is 5.44. The molecule has 0 saturated carbocycles. The van der Waals surface area contributed by atoms with Crippen molar-refractivity contribution in [2.75, 3.05) is 0 Å². The van der Waals surface area contributed by atoms with Crippen molar-refractivity contribution in [3.05, 3.63) is 21.3 Å². The molecule has 1 rings (SSSR count). The van der Waals surface area contributed by atoms with E-state index in [1.54, 1.807) is 0 Å². The molecule has 0 aromatic carbocycles. The fourth-order valence-electron chi connectivity index (χ4n) is 0.601. The maximum absolute atomic E-state index is 10.4. The van der Waals surface area contributed by atoms with Crippen LogP contribution >= 0.6 is 22.9 Å². The number of hydrogen-bond donors (Lipinski definition) is 0. The number of esters is 1. The Morgan fingerprint density at radius 3 is 3.00 bits per heavy atom. The summed E-state index contributed by atoms with van der Waals surface area (Å²) in [5, 5.41) is 1.86. The predicted molar refractivity (Wildman–Crippen MR) is 44.8 cm³/mol. The van der Waals surface area contributed by atoms with Gasteiger partial charge in [0, 0.05) is 12.5 Å². The van der Waals surface area contributed by atoms with Crippen LogP contribution in [0.1, 0.15) is 12.5 Å². The van der Waals surface area contributed by atoms with Crippen molar-refractivity contribution in [1.29, 1.82) is 0 Å². The van der Waals surface area contributed by atoms with Crippen molar-refractivity contribution >= 4 is 28.9 Å². The van der Waals surface area contributed by atoms with Gasteiger partial charge in [0.25, 0.3) is 0 Å². The largest absolute Gasteiger partial charge is 0.461 e. The van der Waals surface area contributed by atoms with Gasteiger partial charge in [0.05, 0.1) is 4.34 Å². The van der Waals surface area contributed by atoms with Crippen LogP contribution in [-0.4, -0.2) is 5.97 Å². The molecular weight excluding hydrogens is 184 g/mol. The zero-order chi connectivity index (χ0) is 8.27. The van der Waals surface area contributed by atoms with Gasteiger partial charge in [0.2, 0.25) is 0 Å². The molecule has 0 amide bonds. The van der Waals surface area contributed by atoms with E-state index in [-0.39, 0.29) is 12.6 Å². The van der Waals surface area contributed by atoms with Gasteiger partial charge >= 0.3 is 5.97 Å². The van der Waals surface area contributed by atoms with Crippen LogP contribution in [0.4, 0.5) is 0 Å². The molecule has 1 heterocycles. The number of carbonyl (C=O) groups is 1. The second-order valence-corrected chi connectivity index (χ2v) is 3.52. The third-order valence-electron chi connectivity index (χ3n) is 1.12. The lowest BCUT2D eigenvalue weighted by Crippen LogP contribution is -1.97. The lowest BCUT2D eigenvalue weighted by atomic mass is 10.4. The monoisotopic (exact) mass is 190 g/mol. The molecule has 0 N–H and O–H groups in total. The molecule has 0 atom stereocenters. The van der Waals surface area contributed by atoms with E-state index in [0.717, 1.165) is 5.56 Å². The highest BCUT2D eigenvalue weighted by atomic mass is 35.5. The highest BCUT2D eigenvalue weighted by molar-refractivity contribution is 7.14. The summed E-state index contributed by atoms with van der Waals surface area (Å²) in [6, 6.07) is 1.84. The van der Waals surface area contributed by atoms with Crippen LogP contribution in [0, 0.1) is 0 Å². The van der Waals surface area contributed by atoms with Crippen molar-refractivity contribution in [1.82, 2.24) is 0 Å². The molecule has 0 unspecified atom stereocenters. The number of hydrogen-bond acceptors (Lipinski definition) is 3. The molecule has 0 saturated heterocycles. The molecular formula is C7H7ClO2S. The second kappa shape index (κ2) is 3.74. The SMILES string of the molecule is CC(=O)OCc1ccsc1Cl. The van der Waals surface area contributed by atoms with E-state index < -0.39 is 0 Å². The van der Waals surface area contributed by atoms with Gasteiger partial charge in [-0.05, 0) is 11.4 Å². The molecule has 0 aliphatic rings. The van der Waals surface area contributed by atoms with E-state index >= 15 is 0 Å². The highest BCUT2D eigenvalue weighted by Crippen LogP contribution is 2.23. The van der Waals surface area contributed by atoms with Gasteiger partial charge in [-0.15, -0.1) is 11.3 Å². The first kappa shape index (κ1) is 8.56. The molecule has 2 nitrogen and oxygen atoms in total. The van der Waals surface area contributed by atoms with E-state index in [2.05, 4.69) is 0 Å². The Bertz CT molecular complexity index is 257. The lowest BCUT2D eigenvalue weighted by Gasteiger charge is -1.98. The van der Waals surface area contributed by atoms with Gasteiger partial charge in [-0.3, -0.25) is 4.79 Å². The Kier molecular flexibility index (Phi) is 2.91. The summed E-state index contributed by atoms with van der Waals surface area (Å²) in [6.45, 7) is 1.65. The molecule has 0 aliphatic heterocycles. The van der Waals surface area contributed by atoms with Crippen LogP contribution < -0.4 is 0 Å². The number of ether oxygens (including phenoxy) is 1. The molecule has 60 valence electrons. The lowest BCUT2D eigenvalue weighted by molar-refractivity contribution is -0.142. The van der Waals surface area contributed by atoms with Gasteiger partial charge in [-0.25, -0.2) is 0 Å². The van der Waals surface area contributed by atoms with Crippen molar-refractivity contribution in [2.24, 2.45) is 0 Å². The maximum Gasteiger partial charge on any atom is 0.302 e. The molecule has 0 spiro atoms. The Hall–Kier alpha value is -0.540. The van der Waals surface area contributed by atoms with Crippen molar-refractivity contribution in [3.63, 3.8) is 0 Å². The standard InChI is InChI=1S/C7H7ClO2S/c1-5(9)10-4-6-2-3-11-7(6)8/h2-3H,4H2,1H3. The summed E-state index contributed by atoms with van der Waals surface area (Å²) >= 11 is 7.18. The maximum atomic E-state index is 10.4. The first-order valence-electron chi connectivity index (χ1n) is 3.05. The number of thiophene rings is 1. The molecule has 0 radical (unpaired) electrons. The van der Waals surface area contributed by atoms with E-state index in [9.17, 15) is 4.79 Å². The van der Waals surface area contributed by atoms with E-state index in [1.165, 1.54) is 18.3 Å². The fraction of sp³-hybridized carbons (Fsp3) is 0.286. The summed E-state index contributed by atoms with van der Waals surface area (Å²) in [4.78, 5) is 10.4. The highest BCUT2D eigenvalue weighted by Gasteiger charge is 2.02. The third-order valence-corrected chi connectivity index (χ3v) is 2.38. The Morgan fingerprint density at radius 2 is 2.55 bits per heavy atom. The predicted octanol–water partition coefficient (Wildman–Crippen LogP) is 2.46. The quantitative estimate of drug-likeness (QED) is 0.670. The minimum Gasteiger partial charge on any atom is -0.461 e. The fourth-order valence-corrected chi connectivity index (χ4v) is 1.50. The third kappa shape index (κ3) is 2.52. The number of halogens is 1. The minimum atomic E-state index is -0.285. The van der Waals surface area contributed by atoms with Gasteiger partial charge in [0.1, 0.15) is 6.61 Å². The van der Waals surface area contributed by atoms with Gasteiger partial charge in [-0.1, -0.05) is 11.6 Å². The molecule has 1 aromatic heterocycles. The molecule has 0 aliphatic carbocycles. The Morgan fingerprint density at radius 1 is 1.82 bits per heavy atom. The van der Waals surface area contributed by atoms with Crippen LogP contribution in [-0.2, 0) is 16.1 Å². The average molecular weight is 191 g/mol. The molecule has 0 fully saturated rings. The van der Waals surface area contributed by atoms with Crippen molar-refractivity contribution < 1.29 is 9.53 Å². The van der Waals surface area contributed by atoms with Gasteiger partial charge in [0.15, 0.2) is 0 Å². The molecule has 1 aromatic rings. The summed E-state index contributed by atoms with van der Waals surface area (Å²) in [5.74, 6) is -0.285. The van der Waals surface area contributed by atoms with Gasteiger partial charge in [-0.2, -0.15) is 0 Å². The van der Waals surface area contributed by atoms with Gasteiger partial charge < -0.3 is 4.74 Å². The first-order chi connectivity index (χ1) is 5.20. The summed E-state index contributed by atoms with van der Waals surface area (Å²) in [6.07, 6.45) is 0. The summed E-state index contributed by atoms with van der Waals surface area (Å²) in [5.41, 5.74) is 0.867. The van der Waals surface area contributed by atoms with E-state index in [4.69, 9.17) is 16.3 Å². The average Bonchev–Trinajstić information content (AvgIpc) is 2.31. The van der Waals surface area contributed by atoms with E-state index in [1.807, 2.05) is 11.4 Å². The number of carbonyl (C=O) groups excluding carboxylic acids is 1. The topological polar surface area (TPSA) is 26.3 Å². The van der Waals surface area contributed by atoms with Crippen LogP contribution in [0.2, 0.25) is 4.34 Å². The first-order valence-corrected chi connectivity index (χ1v) is 4.31.